The van der Waals surface area contributed by atoms with E-state index in [1.54, 1.807) is 6.20 Å². The lowest BCUT2D eigenvalue weighted by Crippen LogP contribution is -2.08. The summed E-state index contributed by atoms with van der Waals surface area (Å²) in [5, 5.41) is 9.59. The fourth-order valence-corrected chi connectivity index (χ4v) is 1.05. The lowest BCUT2D eigenvalue weighted by Gasteiger charge is -2.10. The Morgan fingerprint density at radius 3 is 2.75 bits per heavy atom. The molecule has 0 aliphatic heterocycles. The van der Waals surface area contributed by atoms with Crippen molar-refractivity contribution in [2.45, 2.75) is 19.9 Å². The van der Waals surface area contributed by atoms with Crippen LogP contribution in [0.4, 0.5) is 5.69 Å². The predicted molar refractivity (Wildman–Crippen MR) is 52.8 cm³/mol. The minimum Gasteiger partial charge on any atom is -0.304 e. The fourth-order valence-electron chi connectivity index (χ4n) is 0.834. The van der Waals surface area contributed by atoms with Gasteiger partial charge in [-0.2, -0.15) is 5.10 Å². The van der Waals surface area contributed by atoms with Gasteiger partial charge in [-0.15, -0.1) is 0 Å². The molecule has 0 saturated heterocycles. The molecule has 0 radical (unpaired) electrons. The maximum absolute atomic E-state index is 5.39. The highest BCUT2D eigenvalue weighted by Crippen LogP contribution is 2.17. The molecule has 0 spiro atoms. The molecular weight excluding hydrogens is 172 g/mol. The van der Waals surface area contributed by atoms with Gasteiger partial charge in [0.05, 0.1) is 11.9 Å². The molecule has 1 aromatic heterocycles. The lowest BCUT2D eigenvalue weighted by atomic mass is 10.4. The van der Waals surface area contributed by atoms with Crippen LogP contribution in [0.1, 0.15) is 19.9 Å². The molecule has 1 heterocycles. The number of aromatic nitrogens is 2. The van der Waals surface area contributed by atoms with Crippen molar-refractivity contribution in [3.05, 3.63) is 12.4 Å². The minimum absolute atomic E-state index is 0.398. The monoisotopic (exact) mass is 186 g/mol. The molecule has 68 valence electrons. The van der Waals surface area contributed by atoms with Crippen molar-refractivity contribution >= 4 is 17.8 Å². The Kier molecular flexibility index (Phi) is 2.99. The van der Waals surface area contributed by atoms with Crippen molar-refractivity contribution in [1.29, 1.82) is 0 Å². The first-order valence-corrected chi connectivity index (χ1v) is 4.63. The van der Waals surface area contributed by atoms with Gasteiger partial charge in [0, 0.05) is 31.4 Å². The second-order valence-electron chi connectivity index (χ2n) is 2.88. The van der Waals surface area contributed by atoms with Crippen LogP contribution in [0.2, 0.25) is 0 Å². The minimum atomic E-state index is 0.398. The van der Waals surface area contributed by atoms with E-state index in [2.05, 4.69) is 18.9 Å². The highest BCUT2D eigenvalue weighted by molar-refractivity contribution is 7.98. The molecule has 0 atom stereocenters. The third-order valence-electron chi connectivity index (χ3n) is 1.64. The Morgan fingerprint density at radius 2 is 2.33 bits per heavy atom. The molecule has 0 aliphatic carbocycles. The summed E-state index contributed by atoms with van der Waals surface area (Å²) in [7, 11) is 1.91. The highest BCUT2D eigenvalue weighted by atomic mass is 32.2. The zero-order valence-electron chi connectivity index (χ0n) is 7.56. The van der Waals surface area contributed by atoms with Crippen molar-refractivity contribution in [2.24, 2.45) is 5.14 Å². The van der Waals surface area contributed by atoms with Crippen LogP contribution in [0, 0.1) is 0 Å². The average molecular weight is 186 g/mol. The molecular formula is C7H14N4S. The van der Waals surface area contributed by atoms with E-state index in [9.17, 15) is 0 Å². The molecule has 0 unspecified atom stereocenters. The van der Waals surface area contributed by atoms with Gasteiger partial charge in [0.25, 0.3) is 0 Å². The van der Waals surface area contributed by atoms with Gasteiger partial charge in [-0.3, -0.25) is 9.82 Å². The zero-order valence-corrected chi connectivity index (χ0v) is 8.38. The van der Waals surface area contributed by atoms with Gasteiger partial charge in [0.15, 0.2) is 0 Å². The summed E-state index contributed by atoms with van der Waals surface area (Å²) in [4.78, 5) is 0. The molecule has 1 aromatic rings. The number of hydrogen-bond acceptors (Lipinski definition) is 4. The number of hydrogen-bond donors (Lipinski definition) is 1. The summed E-state index contributed by atoms with van der Waals surface area (Å²) >= 11 is 1.18. The molecule has 0 fully saturated rings. The van der Waals surface area contributed by atoms with Crippen LogP contribution in [0.3, 0.4) is 0 Å². The molecule has 1 rings (SSSR count). The number of nitrogens with two attached hydrogens (primary N) is 1. The van der Waals surface area contributed by atoms with Crippen LogP contribution in [0.25, 0.3) is 0 Å². The number of anilines is 1. The smallest absolute Gasteiger partial charge is 0.0858 e. The summed E-state index contributed by atoms with van der Waals surface area (Å²) in [6, 6.07) is 0.398. The van der Waals surface area contributed by atoms with Crippen LogP contribution < -0.4 is 9.44 Å². The van der Waals surface area contributed by atoms with Crippen molar-refractivity contribution in [3.8, 4) is 0 Å². The quantitative estimate of drug-likeness (QED) is 0.725. The Morgan fingerprint density at radius 1 is 1.67 bits per heavy atom. The maximum Gasteiger partial charge on any atom is 0.0858 e. The Hall–Kier alpha value is -0.680. The molecule has 0 amide bonds. The topological polar surface area (TPSA) is 47.1 Å². The summed E-state index contributed by atoms with van der Waals surface area (Å²) in [5.74, 6) is 0. The van der Waals surface area contributed by atoms with Gasteiger partial charge < -0.3 is 4.31 Å². The summed E-state index contributed by atoms with van der Waals surface area (Å²) in [5.41, 5.74) is 1.02. The number of rotatable bonds is 3. The van der Waals surface area contributed by atoms with Crippen LogP contribution in [-0.4, -0.2) is 16.8 Å². The first kappa shape index (κ1) is 9.41. The van der Waals surface area contributed by atoms with Crippen molar-refractivity contribution < 1.29 is 0 Å². The standard InChI is InChI=1S/C7H14N4S/c1-6(2)11-5-7(4-9-11)10(3)12-8/h4-6H,8H2,1-3H3. The molecule has 2 N–H and O–H groups in total. The molecule has 4 nitrogen and oxygen atoms in total. The summed E-state index contributed by atoms with van der Waals surface area (Å²) in [6.45, 7) is 4.18. The molecule has 0 aromatic carbocycles. The highest BCUT2D eigenvalue weighted by Gasteiger charge is 2.04. The predicted octanol–water partition coefficient (Wildman–Crippen LogP) is 1.42. The molecule has 0 bridgehead atoms. The second-order valence-corrected chi connectivity index (χ2v) is 3.63. The van der Waals surface area contributed by atoms with E-state index in [1.165, 1.54) is 12.1 Å². The van der Waals surface area contributed by atoms with Crippen molar-refractivity contribution in [3.63, 3.8) is 0 Å². The number of nitrogens with zero attached hydrogens (tertiary/aromatic N) is 3. The van der Waals surface area contributed by atoms with Gasteiger partial charge in [0.2, 0.25) is 0 Å². The maximum atomic E-state index is 5.39. The van der Waals surface area contributed by atoms with Crippen LogP contribution >= 0.6 is 12.1 Å². The van der Waals surface area contributed by atoms with Gasteiger partial charge in [-0.05, 0) is 13.8 Å². The van der Waals surface area contributed by atoms with Crippen molar-refractivity contribution in [2.75, 3.05) is 11.4 Å². The Bertz CT molecular complexity index is 245. The van der Waals surface area contributed by atoms with E-state index in [0.29, 0.717) is 6.04 Å². The largest absolute Gasteiger partial charge is 0.304 e. The van der Waals surface area contributed by atoms with Gasteiger partial charge in [0.1, 0.15) is 0 Å². The van der Waals surface area contributed by atoms with E-state index >= 15 is 0 Å². The first-order chi connectivity index (χ1) is 5.65. The van der Waals surface area contributed by atoms with E-state index in [0.717, 1.165) is 5.69 Å². The van der Waals surface area contributed by atoms with Gasteiger partial charge >= 0.3 is 0 Å². The van der Waals surface area contributed by atoms with Gasteiger partial charge in [-0.25, -0.2) is 0 Å². The second kappa shape index (κ2) is 3.82. The molecule has 0 saturated carbocycles. The van der Waals surface area contributed by atoms with Crippen LogP contribution in [-0.2, 0) is 0 Å². The average Bonchev–Trinajstić information content (AvgIpc) is 2.51. The normalized spacial score (nSPS) is 10.8. The Balaban J connectivity index is 2.77. The van der Waals surface area contributed by atoms with Crippen LogP contribution in [0.5, 0.6) is 0 Å². The lowest BCUT2D eigenvalue weighted by molar-refractivity contribution is 0.532. The zero-order chi connectivity index (χ0) is 9.14. The Labute approximate surface area is 77.0 Å². The SMILES string of the molecule is CC(C)n1cc(N(C)SN)cn1. The summed E-state index contributed by atoms with van der Waals surface area (Å²) in [6.07, 6.45) is 3.78. The van der Waals surface area contributed by atoms with E-state index in [1.807, 2.05) is 22.2 Å². The third kappa shape index (κ3) is 1.92. The molecule has 12 heavy (non-hydrogen) atoms. The first-order valence-electron chi connectivity index (χ1n) is 3.80. The van der Waals surface area contributed by atoms with E-state index in [-0.39, 0.29) is 0 Å². The molecule has 5 heteroatoms. The fraction of sp³-hybridized carbons (Fsp3) is 0.571. The molecule has 0 aliphatic rings. The van der Waals surface area contributed by atoms with Crippen molar-refractivity contribution in [1.82, 2.24) is 9.78 Å². The van der Waals surface area contributed by atoms with Gasteiger partial charge in [-0.1, -0.05) is 0 Å². The van der Waals surface area contributed by atoms with Crippen LogP contribution in [0.15, 0.2) is 12.4 Å². The van der Waals surface area contributed by atoms with E-state index in [4.69, 9.17) is 5.14 Å². The summed E-state index contributed by atoms with van der Waals surface area (Å²) < 4.78 is 3.77. The third-order valence-corrected chi connectivity index (χ3v) is 2.17. The van der Waals surface area contributed by atoms with E-state index < -0.39 is 0 Å².